The Kier molecular flexibility index (Phi) is 7.08. The van der Waals surface area contributed by atoms with E-state index in [2.05, 4.69) is 124 Å². The van der Waals surface area contributed by atoms with Crippen LogP contribution in [-0.2, 0) is 0 Å². The second kappa shape index (κ2) is 12.6. The topological polar surface area (TPSA) is 57.8 Å². The molecule has 0 bridgehead atoms. The summed E-state index contributed by atoms with van der Waals surface area (Å²) in [6.45, 7) is 0. The zero-order valence-corrected chi connectivity index (χ0v) is 31.0. The average Bonchev–Trinajstić information content (AvgIpc) is 3.93. The maximum absolute atomic E-state index is 7.00. The van der Waals surface area contributed by atoms with Gasteiger partial charge < -0.3 is 13.9 Å². The molecule has 2 atom stereocenters. The van der Waals surface area contributed by atoms with Crippen LogP contribution in [0.3, 0.4) is 0 Å². The zero-order chi connectivity index (χ0) is 37.5. The van der Waals surface area contributed by atoms with Crippen LogP contribution in [-0.4, -0.2) is 24.1 Å². The van der Waals surface area contributed by atoms with Crippen LogP contribution in [0.25, 0.3) is 83.5 Å². The van der Waals surface area contributed by atoms with E-state index in [9.17, 15) is 0 Å². The van der Waals surface area contributed by atoms with Gasteiger partial charge in [-0.1, -0.05) is 140 Å². The van der Waals surface area contributed by atoms with E-state index in [1.165, 1.54) is 43.7 Å². The van der Waals surface area contributed by atoms with Crippen molar-refractivity contribution in [2.45, 2.75) is 24.8 Å². The zero-order valence-electron chi connectivity index (χ0n) is 31.0. The molecule has 1 aliphatic heterocycles. The predicted octanol–water partition coefficient (Wildman–Crippen LogP) is 12.5. The molecule has 6 heteroatoms. The van der Waals surface area contributed by atoms with Crippen LogP contribution in [0.4, 0.5) is 0 Å². The summed E-state index contributed by atoms with van der Waals surface area (Å²) >= 11 is 0. The lowest BCUT2D eigenvalue weighted by Crippen LogP contribution is -2.09. The van der Waals surface area contributed by atoms with Gasteiger partial charge in [-0.25, -0.2) is 15.0 Å². The van der Waals surface area contributed by atoms with Gasteiger partial charge in [0.15, 0.2) is 17.5 Å². The minimum Gasteiger partial charge on any atom is -0.459 e. The van der Waals surface area contributed by atoms with Crippen molar-refractivity contribution >= 4 is 49.3 Å². The lowest BCUT2D eigenvalue weighted by atomic mass is 9.90. The van der Waals surface area contributed by atoms with E-state index >= 15 is 0 Å². The van der Waals surface area contributed by atoms with Gasteiger partial charge in [0, 0.05) is 49.3 Å². The molecule has 57 heavy (non-hydrogen) atoms. The smallest absolute Gasteiger partial charge is 0.164 e. The Morgan fingerprint density at radius 2 is 1.14 bits per heavy atom. The molecular formula is C51H35N5O. The van der Waals surface area contributed by atoms with E-state index in [4.69, 9.17) is 19.7 Å². The number of benzene rings is 6. The Balaban J connectivity index is 1.02. The van der Waals surface area contributed by atoms with Crippen molar-refractivity contribution in [1.29, 1.82) is 0 Å². The van der Waals surface area contributed by atoms with Crippen LogP contribution in [0, 0.1) is 0 Å². The third kappa shape index (κ3) is 5.00. The number of hydrogen-bond acceptors (Lipinski definition) is 4. The molecule has 0 spiro atoms. The van der Waals surface area contributed by atoms with Crippen LogP contribution >= 0.6 is 0 Å². The normalized spacial score (nSPS) is 17.2. The van der Waals surface area contributed by atoms with Gasteiger partial charge in [0.25, 0.3) is 0 Å². The SMILES string of the molecule is C1=CCC(n2c3ccccc3c3cc4c(cc32)c2ccccc2n4C2=C3Oc4cc(-c5nc(-c6ccccc6)nc(-c6ccccc6)n5)ccc4C3CC=C2)C=C1. The fourth-order valence-corrected chi connectivity index (χ4v) is 9.20. The number of rotatable bonds is 5. The van der Waals surface area contributed by atoms with E-state index in [1.807, 2.05) is 60.7 Å². The highest BCUT2D eigenvalue weighted by molar-refractivity contribution is 6.19. The number of allylic oxidation sites excluding steroid dienone is 8. The van der Waals surface area contributed by atoms with Crippen molar-refractivity contribution in [2.24, 2.45) is 0 Å². The Morgan fingerprint density at radius 3 is 1.86 bits per heavy atom. The largest absolute Gasteiger partial charge is 0.459 e. The summed E-state index contributed by atoms with van der Waals surface area (Å²) in [7, 11) is 0. The third-order valence-electron chi connectivity index (χ3n) is 11.8. The molecule has 270 valence electrons. The maximum atomic E-state index is 7.00. The van der Waals surface area contributed by atoms with E-state index in [0.29, 0.717) is 17.5 Å². The standard InChI is InChI=1S/C51H35N5O/c1-4-15-32(16-5-1)49-52-50(33-17-6-2-7-18-33)54-51(53-49)34-27-28-38-39-23-14-26-44(48(39)57-47(38)29-34)56-43-25-13-11-22-37(43)41-30-45-40(31-46(41)56)36-21-10-12-24-42(36)55(45)35-19-8-3-9-20-35/h1-19,21-22,24-31,35,39H,20,23H2. The van der Waals surface area contributed by atoms with Crippen LogP contribution < -0.4 is 4.74 Å². The number of nitrogens with zero attached hydrogens (tertiary/aromatic N) is 5. The number of hydrogen-bond donors (Lipinski definition) is 0. The molecule has 0 radical (unpaired) electrons. The summed E-state index contributed by atoms with van der Waals surface area (Å²) in [6.07, 6.45) is 15.3. The van der Waals surface area contributed by atoms with Gasteiger partial charge in [-0.2, -0.15) is 0 Å². The molecule has 0 amide bonds. The molecule has 6 aromatic carbocycles. The Hall–Kier alpha value is -7.31. The summed E-state index contributed by atoms with van der Waals surface area (Å²) in [5.41, 5.74) is 9.87. The molecule has 2 unspecified atom stereocenters. The van der Waals surface area contributed by atoms with Crippen molar-refractivity contribution < 1.29 is 4.74 Å². The summed E-state index contributed by atoms with van der Waals surface area (Å²) in [4.78, 5) is 14.9. The Morgan fingerprint density at radius 1 is 0.509 bits per heavy atom. The molecule has 3 aromatic heterocycles. The molecule has 6 nitrogen and oxygen atoms in total. The van der Waals surface area contributed by atoms with Crippen LogP contribution in [0.1, 0.15) is 30.4 Å². The first-order valence-corrected chi connectivity index (χ1v) is 19.7. The highest BCUT2D eigenvalue weighted by Gasteiger charge is 2.35. The quantitative estimate of drug-likeness (QED) is 0.177. The summed E-state index contributed by atoms with van der Waals surface area (Å²) < 4.78 is 12.0. The first kappa shape index (κ1) is 32.0. The maximum Gasteiger partial charge on any atom is 0.164 e. The fraction of sp³-hybridized carbons (Fsp3) is 0.0784. The minimum atomic E-state index is 0.0974. The van der Waals surface area contributed by atoms with E-state index in [1.54, 1.807) is 0 Å². The highest BCUT2D eigenvalue weighted by atomic mass is 16.5. The van der Waals surface area contributed by atoms with E-state index in [-0.39, 0.29) is 12.0 Å². The molecule has 3 aliphatic rings. The van der Waals surface area contributed by atoms with Crippen molar-refractivity contribution in [2.75, 3.05) is 0 Å². The molecule has 9 aromatic rings. The van der Waals surface area contributed by atoms with Gasteiger partial charge in [-0.3, -0.25) is 0 Å². The monoisotopic (exact) mass is 733 g/mol. The molecule has 0 fully saturated rings. The van der Waals surface area contributed by atoms with Crippen molar-refractivity contribution in [1.82, 2.24) is 24.1 Å². The molecule has 0 saturated carbocycles. The summed E-state index contributed by atoms with van der Waals surface area (Å²) in [5.74, 6) is 3.80. The van der Waals surface area contributed by atoms with Gasteiger partial charge in [0.05, 0.1) is 34.2 Å². The number of aromatic nitrogens is 5. The lowest BCUT2D eigenvalue weighted by molar-refractivity contribution is 0.426. The molecule has 2 aliphatic carbocycles. The predicted molar refractivity (Wildman–Crippen MR) is 231 cm³/mol. The second-order valence-corrected chi connectivity index (χ2v) is 15.1. The van der Waals surface area contributed by atoms with Gasteiger partial charge >= 0.3 is 0 Å². The Labute approximate surface area is 329 Å². The van der Waals surface area contributed by atoms with E-state index < -0.39 is 0 Å². The van der Waals surface area contributed by atoms with Gasteiger partial charge in [0.2, 0.25) is 0 Å². The second-order valence-electron chi connectivity index (χ2n) is 15.1. The highest BCUT2D eigenvalue weighted by Crippen LogP contribution is 2.50. The number of para-hydroxylation sites is 2. The van der Waals surface area contributed by atoms with Crippen molar-refractivity contribution in [3.63, 3.8) is 0 Å². The van der Waals surface area contributed by atoms with Crippen molar-refractivity contribution in [3.8, 4) is 39.9 Å². The van der Waals surface area contributed by atoms with Crippen molar-refractivity contribution in [3.05, 3.63) is 187 Å². The van der Waals surface area contributed by atoms with Crippen LogP contribution in [0.2, 0.25) is 0 Å². The third-order valence-corrected chi connectivity index (χ3v) is 11.8. The molecule has 0 N–H and O–H groups in total. The van der Waals surface area contributed by atoms with Gasteiger partial charge in [-0.05, 0) is 49.2 Å². The van der Waals surface area contributed by atoms with Gasteiger partial charge in [-0.15, -0.1) is 0 Å². The van der Waals surface area contributed by atoms with E-state index in [0.717, 1.165) is 52.3 Å². The summed E-state index contributed by atoms with van der Waals surface area (Å²) in [6, 6.07) is 49.3. The lowest BCUT2D eigenvalue weighted by Gasteiger charge is -2.20. The number of ether oxygens (including phenoxy) is 1. The van der Waals surface area contributed by atoms with Crippen LogP contribution in [0.15, 0.2) is 182 Å². The molecule has 0 saturated heterocycles. The first-order chi connectivity index (χ1) is 28.3. The average molecular weight is 734 g/mol. The molecule has 4 heterocycles. The van der Waals surface area contributed by atoms with Crippen LogP contribution in [0.5, 0.6) is 5.75 Å². The first-order valence-electron chi connectivity index (χ1n) is 19.7. The fourth-order valence-electron chi connectivity index (χ4n) is 9.20. The Bertz CT molecular complexity index is 3160. The summed E-state index contributed by atoms with van der Waals surface area (Å²) in [5, 5.41) is 4.99. The molecular weight excluding hydrogens is 699 g/mol. The van der Waals surface area contributed by atoms with Gasteiger partial charge in [0.1, 0.15) is 11.5 Å². The molecule has 12 rings (SSSR count). The number of fused-ring (bicyclic) bond motifs is 9. The minimum absolute atomic E-state index is 0.0974.